The maximum atomic E-state index is 12.3. The molecule has 1 unspecified atom stereocenters. The number of rotatable bonds is 4. The van der Waals surface area contributed by atoms with Crippen LogP contribution >= 0.6 is 0 Å². The van der Waals surface area contributed by atoms with Gasteiger partial charge in [-0.1, -0.05) is 20.3 Å². The van der Waals surface area contributed by atoms with Gasteiger partial charge in [-0.3, -0.25) is 4.79 Å². The van der Waals surface area contributed by atoms with E-state index in [1.807, 2.05) is 0 Å². The van der Waals surface area contributed by atoms with Crippen LogP contribution in [0.2, 0.25) is 0 Å². The largest absolute Gasteiger partial charge is 0.352 e. The zero-order valence-electron chi connectivity index (χ0n) is 10.5. The van der Waals surface area contributed by atoms with Crippen molar-refractivity contribution >= 4 is 5.91 Å². The third kappa shape index (κ3) is 2.40. The molecule has 0 aromatic heterocycles. The molecule has 1 saturated carbocycles. The van der Waals surface area contributed by atoms with Crippen molar-refractivity contribution < 1.29 is 4.79 Å². The van der Waals surface area contributed by atoms with Crippen LogP contribution in [0.4, 0.5) is 0 Å². The number of amides is 1. The van der Waals surface area contributed by atoms with E-state index in [0.29, 0.717) is 17.9 Å². The molecule has 1 amide bonds. The fourth-order valence-corrected chi connectivity index (χ4v) is 3.03. The van der Waals surface area contributed by atoms with Crippen LogP contribution in [0.25, 0.3) is 0 Å². The van der Waals surface area contributed by atoms with Gasteiger partial charge in [0.2, 0.25) is 5.91 Å². The summed E-state index contributed by atoms with van der Waals surface area (Å²) >= 11 is 0. The van der Waals surface area contributed by atoms with E-state index in [1.165, 1.54) is 6.42 Å². The van der Waals surface area contributed by atoms with Crippen LogP contribution in [0.5, 0.6) is 0 Å². The first kappa shape index (κ1) is 11.9. The Bertz CT molecular complexity index is 253. The minimum Gasteiger partial charge on any atom is -0.352 e. The molecule has 1 saturated heterocycles. The minimum atomic E-state index is -0.0171. The van der Waals surface area contributed by atoms with Gasteiger partial charge >= 0.3 is 0 Å². The van der Waals surface area contributed by atoms with E-state index in [-0.39, 0.29) is 5.41 Å². The highest BCUT2D eigenvalue weighted by atomic mass is 16.2. The molecule has 92 valence electrons. The molecule has 16 heavy (non-hydrogen) atoms. The highest BCUT2D eigenvalue weighted by Gasteiger charge is 2.44. The van der Waals surface area contributed by atoms with Gasteiger partial charge in [-0.05, 0) is 38.1 Å². The molecule has 2 aliphatic rings. The average Bonchev–Trinajstić information content (AvgIpc) is 2.63. The summed E-state index contributed by atoms with van der Waals surface area (Å²) in [4.78, 5) is 12.3. The van der Waals surface area contributed by atoms with E-state index < -0.39 is 0 Å². The summed E-state index contributed by atoms with van der Waals surface area (Å²) in [6, 6.07) is 0.372. The molecule has 2 rings (SSSR count). The van der Waals surface area contributed by atoms with Gasteiger partial charge < -0.3 is 10.6 Å². The predicted molar refractivity (Wildman–Crippen MR) is 65.2 cm³/mol. The maximum absolute atomic E-state index is 12.3. The molecule has 0 radical (unpaired) electrons. The molecule has 1 aliphatic heterocycles. The first-order valence-corrected chi connectivity index (χ1v) is 6.64. The number of nitrogens with one attached hydrogen (secondary N) is 2. The van der Waals surface area contributed by atoms with Crippen molar-refractivity contribution in [3.63, 3.8) is 0 Å². The third-order valence-corrected chi connectivity index (χ3v) is 3.99. The zero-order chi connectivity index (χ0) is 11.6. The third-order valence-electron chi connectivity index (χ3n) is 3.99. The van der Waals surface area contributed by atoms with Crippen molar-refractivity contribution in [1.29, 1.82) is 0 Å². The van der Waals surface area contributed by atoms with Gasteiger partial charge in [-0.15, -0.1) is 0 Å². The summed E-state index contributed by atoms with van der Waals surface area (Å²) in [6.07, 6.45) is 5.56. The van der Waals surface area contributed by atoms with Crippen LogP contribution in [-0.2, 0) is 4.79 Å². The summed E-state index contributed by atoms with van der Waals surface area (Å²) in [7, 11) is 0. The lowest BCUT2D eigenvalue weighted by Crippen LogP contribution is -2.50. The van der Waals surface area contributed by atoms with E-state index in [1.54, 1.807) is 0 Å². The standard InChI is InChI=1S/C13H24N2O/c1-10(2)8-13(5-3-6-13)12(16)15-11-4-7-14-9-11/h10-11,14H,3-9H2,1-2H3,(H,15,16). The van der Waals surface area contributed by atoms with Crippen LogP contribution in [0.1, 0.15) is 46.0 Å². The van der Waals surface area contributed by atoms with Crippen LogP contribution < -0.4 is 10.6 Å². The lowest BCUT2D eigenvalue weighted by Gasteiger charge is -2.42. The van der Waals surface area contributed by atoms with Crippen molar-refractivity contribution in [2.45, 2.75) is 52.0 Å². The van der Waals surface area contributed by atoms with Crippen molar-refractivity contribution in [1.82, 2.24) is 10.6 Å². The van der Waals surface area contributed by atoms with Gasteiger partial charge in [-0.25, -0.2) is 0 Å². The fourth-order valence-electron chi connectivity index (χ4n) is 3.03. The molecule has 0 aromatic carbocycles. The van der Waals surface area contributed by atoms with Crippen LogP contribution in [0.15, 0.2) is 0 Å². The second-order valence-electron chi connectivity index (χ2n) is 5.90. The second-order valence-corrected chi connectivity index (χ2v) is 5.90. The summed E-state index contributed by atoms with van der Waals surface area (Å²) in [5.74, 6) is 0.939. The molecular formula is C13H24N2O. The molecule has 1 heterocycles. The van der Waals surface area contributed by atoms with Crippen LogP contribution in [0, 0.1) is 11.3 Å². The van der Waals surface area contributed by atoms with E-state index >= 15 is 0 Å². The molecule has 0 aromatic rings. The number of carbonyl (C=O) groups excluding carboxylic acids is 1. The number of carbonyl (C=O) groups is 1. The molecule has 0 spiro atoms. The Morgan fingerprint density at radius 2 is 2.25 bits per heavy atom. The quantitative estimate of drug-likeness (QED) is 0.763. The van der Waals surface area contributed by atoms with Crippen molar-refractivity contribution in [2.75, 3.05) is 13.1 Å². The first-order valence-electron chi connectivity index (χ1n) is 6.64. The van der Waals surface area contributed by atoms with Gasteiger partial charge in [0.25, 0.3) is 0 Å². The SMILES string of the molecule is CC(C)CC1(C(=O)NC2CCNC2)CCC1. The Hall–Kier alpha value is -0.570. The summed E-state index contributed by atoms with van der Waals surface area (Å²) in [5, 5.41) is 6.52. The summed E-state index contributed by atoms with van der Waals surface area (Å²) in [5.41, 5.74) is -0.0171. The molecule has 1 atom stereocenters. The van der Waals surface area contributed by atoms with Crippen molar-refractivity contribution in [3.8, 4) is 0 Å². The Morgan fingerprint density at radius 1 is 1.50 bits per heavy atom. The Morgan fingerprint density at radius 3 is 2.69 bits per heavy atom. The molecule has 0 bridgehead atoms. The van der Waals surface area contributed by atoms with E-state index in [4.69, 9.17) is 0 Å². The molecule has 3 nitrogen and oxygen atoms in total. The monoisotopic (exact) mass is 224 g/mol. The van der Waals surface area contributed by atoms with Crippen LogP contribution in [0.3, 0.4) is 0 Å². The van der Waals surface area contributed by atoms with Crippen LogP contribution in [-0.4, -0.2) is 25.0 Å². The van der Waals surface area contributed by atoms with Gasteiger partial charge in [0.1, 0.15) is 0 Å². The van der Waals surface area contributed by atoms with Crippen molar-refractivity contribution in [3.05, 3.63) is 0 Å². The summed E-state index contributed by atoms with van der Waals surface area (Å²) < 4.78 is 0. The molecular weight excluding hydrogens is 200 g/mol. The smallest absolute Gasteiger partial charge is 0.226 e. The molecule has 2 fully saturated rings. The van der Waals surface area contributed by atoms with Gasteiger partial charge in [0.15, 0.2) is 0 Å². The predicted octanol–water partition coefficient (Wildman–Crippen LogP) is 1.68. The topological polar surface area (TPSA) is 41.1 Å². The lowest BCUT2D eigenvalue weighted by atomic mass is 9.64. The molecule has 1 aliphatic carbocycles. The van der Waals surface area contributed by atoms with Gasteiger partial charge in [-0.2, -0.15) is 0 Å². The van der Waals surface area contributed by atoms with E-state index in [9.17, 15) is 4.79 Å². The minimum absolute atomic E-state index is 0.0171. The van der Waals surface area contributed by atoms with E-state index in [0.717, 1.165) is 38.8 Å². The lowest BCUT2D eigenvalue weighted by molar-refractivity contribution is -0.138. The van der Waals surface area contributed by atoms with E-state index in [2.05, 4.69) is 24.5 Å². The highest BCUT2D eigenvalue weighted by Crippen LogP contribution is 2.46. The highest BCUT2D eigenvalue weighted by molar-refractivity contribution is 5.83. The van der Waals surface area contributed by atoms with Crippen molar-refractivity contribution in [2.24, 2.45) is 11.3 Å². The summed E-state index contributed by atoms with van der Waals surface area (Å²) in [6.45, 7) is 6.42. The Kier molecular flexibility index (Phi) is 3.53. The Balaban J connectivity index is 1.90. The fraction of sp³-hybridized carbons (Fsp3) is 0.923. The maximum Gasteiger partial charge on any atom is 0.226 e. The number of hydrogen-bond acceptors (Lipinski definition) is 2. The first-order chi connectivity index (χ1) is 7.62. The van der Waals surface area contributed by atoms with Gasteiger partial charge in [0.05, 0.1) is 0 Å². The average molecular weight is 224 g/mol. The Labute approximate surface area is 98.4 Å². The number of hydrogen-bond donors (Lipinski definition) is 2. The zero-order valence-corrected chi connectivity index (χ0v) is 10.5. The second kappa shape index (κ2) is 4.74. The van der Waals surface area contributed by atoms with Gasteiger partial charge in [0, 0.05) is 18.0 Å². The molecule has 2 N–H and O–H groups in total. The normalized spacial score (nSPS) is 27.8. The molecule has 3 heteroatoms.